The zero-order valence-corrected chi connectivity index (χ0v) is 9.46. The molecule has 1 aliphatic heterocycles. The lowest BCUT2D eigenvalue weighted by Gasteiger charge is -2.25. The van der Waals surface area contributed by atoms with Crippen molar-refractivity contribution in [1.29, 1.82) is 0 Å². The van der Waals surface area contributed by atoms with E-state index in [2.05, 4.69) is 35.2 Å². The first-order valence-corrected chi connectivity index (χ1v) is 5.54. The molecule has 2 heterocycles. The third-order valence-corrected chi connectivity index (χ3v) is 3.07. The van der Waals surface area contributed by atoms with E-state index in [1.54, 1.807) is 0 Å². The monoisotopic (exact) mass is 214 g/mol. The van der Waals surface area contributed by atoms with Crippen molar-refractivity contribution in [3.63, 3.8) is 0 Å². The van der Waals surface area contributed by atoms with Crippen molar-refractivity contribution in [2.45, 2.75) is 26.3 Å². The van der Waals surface area contributed by atoms with Crippen LogP contribution < -0.4 is 5.01 Å². The molecular formula is C12H14N4. The van der Waals surface area contributed by atoms with Gasteiger partial charge in [0.2, 0.25) is 0 Å². The number of aromatic nitrogens is 3. The number of allylic oxidation sites excluding steroid dienone is 1. The number of rotatable bonds is 1. The van der Waals surface area contributed by atoms with Crippen molar-refractivity contribution in [3.05, 3.63) is 36.0 Å². The quantitative estimate of drug-likeness (QED) is 0.728. The average Bonchev–Trinajstić information content (AvgIpc) is 2.83. The Bertz CT molecular complexity index is 555. The molecule has 0 bridgehead atoms. The molecule has 4 nitrogen and oxygen atoms in total. The van der Waals surface area contributed by atoms with Crippen LogP contribution in [0.5, 0.6) is 0 Å². The second-order valence-corrected chi connectivity index (χ2v) is 4.24. The second kappa shape index (κ2) is 3.33. The summed E-state index contributed by atoms with van der Waals surface area (Å²) in [7, 11) is 0. The minimum atomic E-state index is 0.449. The lowest BCUT2D eigenvalue weighted by atomic mass is 10.3. The van der Waals surface area contributed by atoms with Gasteiger partial charge in [-0.1, -0.05) is 18.2 Å². The molecule has 3 rings (SSSR count). The normalized spacial score (nSPS) is 20.5. The van der Waals surface area contributed by atoms with E-state index >= 15 is 0 Å². The van der Waals surface area contributed by atoms with Crippen molar-refractivity contribution in [3.8, 4) is 0 Å². The molecule has 1 aliphatic rings. The van der Waals surface area contributed by atoms with E-state index in [0.717, 1.165) is 17.5 Å². The molecule has 1 aromatic carbocycles. The maximum Gasteiger partial charge on any atom is 0.115 e. The van der Waals surface area contributed by atoms with Crippen molar-refractivity contribution >= 4 is 11.0 Å². The van der Waals surface area contributed by atoms with E-state index in [1.807, 2.05) is 29.1 Å². The van der Waals surface area contributed by atoms with Crippen LogP contribution in [0.15, 0.2) is 36.0 Å². The molecule has 0 amide bonds. The molecule has 1 aromatic heterocycles. The first kappa shape index (κ1) is 9.39. The minimum absolute atomic E-state index is 0.449. The van der Waals surface area contributed by atoms with Crippen LogP contribution in [0.25, 0.3) is 11.0 Å². The molecule has 0 N–H and O–H groups in total. The van der Waals surface area contributed by atoms with Crippen LogP contribution in [0.1, 0.15) is 20.3 Å². The maximum atomic E-state index is 4.23. The molecule has 1 atom stereocenters. The third-order valence-electron chi connectivity index (χ3n) is 3.07. The summed E-state index contributed by atoms with van der Waals surface area (Å²) in [6, 6.07) is 8.48. The first-order chi connectivity index (χ1) is 7.77. The summed E-state index contributed by atoms with van der Waals surface area (Å²) in [6.07, 6.45) is 3.31. The number of hydrogen-bond donors (Lipinski definition) is 0. The van der Waals surface area contributed by atoms with Gasteiger partial charge in [-0.15, -0.1) is 5.10 Å². The molecule has 0 aliphatic carbocycles. The molecular weight excluding hydrogens is 200 g/mol. The summed E-state index contributed by atoms with van der Waals surface area (Å²) in [5.41, 5.74) is 3.24. The second-order valence-electron chi connectivity index (χ2n) is 4.24. The predicted molar refractivity (Wildman–Crippen MR) is 63.6 cm³/mol. The van der Waals surface area contributed by atoms with Gasteiger partial charge in [0.25, 0.3) is 0 Å². The molecule has 0 radical (unpaired) electrons. The smallest absolute Gasteiger partial charge is 0.115 e. The number of benzene rings is 1. The Kier molecular flexibility index (Phi) is 1.96. The Hall–Kier alpha value is -1.84. The summed E-state index contributed by atoms with van der Waals surface area (Å²) >= 11 is 0. The lowest BCUT2D eigenvalue weighted by Crippen LogP contribution is -2.37. The van der Waals surface area contributed by atoms with E-state index in [-0.39, 0.29) is 0 Å². The summed E-state index contributed by atoms with van der Waals surface area (Å²) in [5, 5.41) is 10.6. The van der Waals surface area contributed by atoms with Crippen LogP contribution in [0.2, 0.25) is 0 Å². The fourth-order valence-electron chi connectivity index (χ4n) is 2.23. The Balaban J connectivity index is 2.16. The molecule has 0 saturated heterocycles. The Morgan fingerprint density at radius 3 is 2.88 bits per heavy atom. The summed E-state index contributed by atoms with van der Waals surface area (Å²) in [6.45, 7) is 4.31. The van der Waals surface area contributed by atoms with Crippen molar-refractivity contribution in [1.82, 2.24) is 15.1 Å². The molecule has 2 aromatic rings. The van der Waals surface area contributed by atoms with Crippen LogP contribution in [0.3, 0.4) is 0 Å². The van der Waals surface area contributed by atoms with E-state index in [0.29, 0.717) is 6.04 Å². The van der Waals surface area contributed by atoms with Gasteiger partial charge in [0.05, 0.1) is 6.04 Å². The van der Waals surface area contributed by atoms with Crippen LogP contribution in [0.4, 0.5) is 0 Å². The molecule has 1 unspecified atom stereocenters. The van der Waals surface area contributed by atoms with Gasteiger partial charge >= 0.3 is 0 Å². The maximum absolute atomic E-state index is 4.23. The molecule has 0 fully saturated rings. The molecule has 0 spiro atoms. The Morgan fingerprint density at radius 1 is 1.31 bits per heavy atom. The highest BCUT2D eigenvalue weighted by Crippen LogP contribution is 2.21. The van der Waals surface area contributed by atoms with Gasteiger partial charge in [0.15, 0.2) is 0 Å². The molecule has 16 heavy (non-hydrogen) atoms. The fourth-order valence-corrected chi connectivity index (χ4v) is 2.23. The number of nitrogens with zero attached hydrogens (tertiary/aromatic N) is 4. The molecule has 0 saturated carbocycles. The predicted octanol–water partition coefficient (Wildman–Crippen LogP) is 2.07. The molecule has 82 valence electrons. The summed E-state index contributed by atoms with van der Waals surface area (Å²) in [4.78, 5) is 1.90. The number of para-hydroxylation sites is 1. The largest absolute Gasteiger partial charge is 0.265 e. The van der Waals surface area contributed by atoms with Crippen LogP contribution in [0, 0.1) is 0 Å². The fraction of sp³-hybridized carbons (Fsp3) is 0.333. The van der Waals surface area contributed by atoms with Crippen LogP contribution in [-0.2, 0) is 0 Å². The van der Waals surface area contributed by atoms with Crippen molar-refractivity contribution in [2.75, 3.05) is 5.01 Å². The van der Waals surface area contributed by atoms with Gasteiger partial charge in [-0.3, -0.25) is 5.01 Å². The standard InChI is InChI=1S/C12H14N4/c1-9-7-8-10(2)15(9)16-12-6-4-3-5-11(12)13-14-16/h3-7,10H,8H2,1-2H3. The Labute approximate surface area is 94.1 Å². The summed E-state index contributed by atoms with van der Waals surface area (Å²) < 4.78 is 0. The highest BCUT2D eigenvalue weighted by atomic mass is 15.7. The number of hydrogen-bond acceptors (Lipinski definition) is 3. The zero-order chi connectivity index (χ0) is 11.1. The lowest BCUT2D eigenvalue weighted by molar-refractivity contribution is 0.529. The molecule has 4 heteroatoms. The van der Waals surface area contributed by atoms with Crippen molar-refractivity contribution < 1.29 is 0 Å². The van der Waals surface area contributed by atoms with Gasteiger partial charge < -0.3 is 0 Å². The highest BCUT2D eigenvalue weighted by Gasteiger charge is 2.23. The van der Waals surface area contributed by atoms with Gasteiger partial charge in [0, 0.05) is 5.70 Å². The third kappa shape index (κ3) is 1.23. The van der Waals surface area contributed by atoms with E-state index in [1.165, 1.54) is 5.70 Å². The SMILES string of the molecule is CC1=CCC(C)N1n1nnc2ccccc21. The Morgan fingerprint density at radius 2 is 2.12 bits per heavy atom. The number of fused-ring (bicyclic) bond motifs is 1. The van der Waals surface area contributed by atoms with Gasteiger partial charge in [-0.25, -0.2) is 0 Å². The van der Waals surface area contributed by atoms with E-state index in [9.17, 15) is 0 Å². The highest BCUT2D eigenvalue weighted by molar-refractivity contribution is 5.74. The van der Waals surface area contributed by atoms with Gasteiger partial charge in [-0.2, -0.15) is 4.79 Å². The summed E-state index contributed by atoms with van der Waals surface area (Å²) in [5.74, 6) is 0. The zero-order valence-electron chi connectivity index (χ0n) is 9.46. The van der Waals surface area contributed by atoms with Crippen LogP contribution >= 0.6 is 0 Å². The first-order valence-electron chi connectivity index (χ1n) is 5.54. The minimum Gasteiger partial charge on any atom is -0.265 e. The van der Waals surface area contributed by atoms with Crippen molar-refractivity contribution in [2.24, 2.45) is 0 Å². The topological polar surface area (TPSA) is 34.0 Å². The van der Waals surface area contributed by atoms with Gasteiger partial charge in [0.1, 0.15) is 11.0 Å². The average molecular weight is 214 g/mol. The van der Waals surface area contributed by atoms with Gasteiger partial charge in [-0.05, 0) is 37.6 Å². The van der Waals surface area contributed by atoms with E-state index in [4.69, 9.17) is 0 Å². The van der Waals surface area contributed by atoms with E-state index < -0.39 is 0 Å². The van der Waals surface area contributed by atoms with Crippen LogP contribution in [-0.4, -0.2) is 21.1 Å².